The molecule has 0 aromatic rings. The van der Waals surface area contributed by atoms with Crippen LogP contribution < -0.4 is 5.32 Å². The molecule has 0 spiro atoms. The Morgan fingerprint density at radius 1 is 1.07 bits per heavy atom. The van der Waals surface area contributed by atoms with Gasteiger partial charge in [-0.3, -0.25) is 4.79 Å². The number of carbonyl (C=O) groups excluding carboxylic acids is 1. The predicted octanol–water partition coefficient (Wildman–Crippen LogP) is 3.64. The van der Waals surface area contributed by atoms with Crippen molar-refractivity contribution in [1.29, 1.82) is 0 Å². The van der Waals surface area contributed by atoms with E-state index in [-0.39, 0.29) is 5.91 Å². The summed E-state index contributed by atoms with van der Waals surface area (Å²) in [7, 11) is 0. The molecule has 90 valence electrons. The van der Waals surface area contributed by atoms with Crippen LogP contribution in [0.3, 0.4) is 0 Å². The van der Waals surface area contributed by atoms with Crippen molar-refractivity contribution in [1.82, 2.24) is 5.32 Å². The lowest BCUT2D eigenvalue weighted by Crippen LogP contribution is -2.23. The lowest BCUT2D eigenvalue weighted by atomic mass is 10.2. The minimum absolute atomic E-state index is 0.226. The Hall–Kier alpha value is -0.0500. The van der Waals surface area contributed by atoms with E-state index < -0.39 is 0 Å². The second-order valence-corrected chi connectivity index (χ2v) is 4.70. The van der Waals surface area contributed by atoms with Crippen LogP contribution in [-0.2, 0) is 4.79 Å². The summed E-state index contributed by atoms with van der Waals surface area (Å²) in [5.74, 6) is 0.226. The molecule has 3 heteroatoms. The fourth-order valence-electron chi connectivity index (χ4n) is 1.42. The van der Waals surface area contributed by atoms with E-state index in [1.54, 1.807) is 0 Å². The quantitative estimate of drug-likeness (QED) is 0.480. The second kappa shape index (κ2) is 12.0. The van der Waals surface area contributed by atoms with E-state index >= 15 is 0 Å². The van der Waals surface area contributed by atoms with Gasteiger partial charge < -0.3 is 5.32 Å². The molecule has 0 aromatic heterocycles. The molecule has 15 heavy (non-hydrogen) atoms. The van der Waals surface area contributed by atoms with Gasteiger partial charge in [0.05, 0.1) is 0 Å². The van der Waals surface area contributed by atoms with Crippen LogP contribution >= 0.6 is 15.9 Å². The fraction of sp³-hybridized carbons (Fsp3) is 0.917. The van der Waals surface area contributed by atoms with Gasteiger partial charge in [-0.2, -0.15) is 0 Å². The molecule has 0 rings (SSSR count). The minimum atomic E-state index is 0.226. The molecule has 0 atom stereocenters. The van der Waals surface area contributed by atoms with Crippen LogP contribution in [0, 0.1) is 0 Å². The number of hydrogen-bond acceptors (Lipinski definition) is 1. The highest BCUT2D eigenvalue weighted by Crippen LogP contribution is 2.01. The van der Waals surface area contributed by atoms with Crippen molar-refractivity contribution in [2.24, 2.45) is 0 Å². The van der Waals surface area contributed by atoms with Gasteiger partial charge in [0.2, 0.25) is 5.91 Å². The van der Waals surface area contributed by atoms with Crippen LogP contribution in [-0.4, -0.2) is 17.8 Å². The summed E-state index contributed by atoms with van der Waals surface area (Å²) in [6.45, 7) is 3.01. The number of amides is 1. The van der Waals surface area contributed by atoms with Crippen LogP contribution in [0.5, 0.6) is 0 Å². The van der Waals surface area contributed by atoms with E-state index in [0.29, 0.717) is 6.42 Å². The van der Waals surface area contributed by atoms with E-state index in [1.807, 2.05) is 0 Å². The van der Waals surface area contributed by atoms with Crippen molar-refractivity contribution in [3.05, 3.63) is 0 Å². The fourth-order valence-corrected chi connectivity index (χ4v) is 1.82. The largest absolute Gasteiger partial charge is 0.356 e. The minimum Gasteiger partial charge on any atom is -0.356 e. The monoisotopic (exact) mass is 277 g/mol. The van der Waals surface area contributed by atoms with Gasteiger partial charge in [-0.25, -0.2) is 0 Å². The molecule has 0 bridgehead atoms. The van der Waals surface area contributed by atoms with Crippen molar-refractivity contribution >= 4 is 21.8 Å². The first kappa shape index (κ1) is 14.9. The average Bonchev–Trinajstić information content (AvgIpc) is 2.23. The van der Waals surface area contributed by atoms with Gasteiger partial charge >= 0.3 is 0 Å². The highest BCUT2D eigenvalue weighted by molar-refractivity contribution is 9.09. The Morgan fingerprint density at radius 2 is 1.80 bits per heavy atom. The first-order chi connectivity index (χ1) is 7.31. The number of unbranched alkanes of at least 4 members (excludes halogenated alkanes) is 5. The standard InChI is InChI=1S/C12H24BrNO/c1-2-3-6-9-12(15)14-11-8-5-4-7-10-13/h2-11H2,1H3,(H,14,15). The SMILES string of the molecule is CCCCCC(=O)NCCCCCCBr. The van der Waals surface area contributed by atoms with Gasteiger partial charge in [-0.1, -0.05) is 48.5 Å². The maximum absolute atomic E-state index is 11.3. The van der Waals surface area contributed by atoms with Gasteiger partial charge in [0, 0.05) is 18.3 Å². The van der Waals surface area contributed by atoms with Gasteiger partial charge in [-0.05, 0) is 19.3 Å². The van der Waals surface area contributed by atoms with Crippen LogP contribution in [0.25, 0.3) is 0 Å². The molecule has 1 N–H and O–H groups in total. The zero-order valence-corrected chi connectivity index (χ0v) is 11.4. The number of alkyl halides is 1. The third-order valence-corrected chi connectivity index (χ3v) is 2.95. The zero-order chi connectivity index (χ0) is 11.4. The van der Waals surface area contributed by atoms with Crippen molar-refractivity contribution in [3.8, 4) is 0 Å². The zero-order valence-electron chi connectivity index (χ0n) is 9.86. The Bertz CT molecular complexity index is 151. The van der Waals surface area contributed by atoms with Crippen molar-refractivity contribution in [2.75, 3.05) is 11.9 Å². The molecule has 0 aromatic carbocycles. The van der Waals surface area contributed by atoms with Gasteiger partial charge in [0.15, 0.2) is 0 Å². The van der Waals surface area contributed by atoms with E-state index in [4.69, 9.17) is 0 Å². The van der Waals surface area contributed by atoms with Crippen molar-refractivity contribution in [3.63, 3.8) is 0 Å². The van der Waals surface area contributed by atoms with E-state index in [1.165, 1.54) is 32.1 Å². The lowest BCUT2D eigenvalue weighted by molar-refractivity contribution is -0.121. The summed E-state index contributed by atoms with van der Waals surface area (Å²) < 4.78 is 0. The molecule has 0 aliphatic heterocycles. The Morgan fingerprint density at radius 3 is 2.47 bits per heavy atom. The molecule has 0 aliphatic carbocycles. The summed E-state index contributed by atoms with van der Waals surface area (Å²) in [6, 6.07) is 0. The maximum atomic E-state index is 11.3. The van der Waals surface area contributed by atoms with E-state index in [0.717, 1.165) is 24.7 Å². The second-order valence-electron chi connectivity index (χ2n) is 3.91. The van der Waals surface area contributed by atoms with Crippen LogP contribution in [0.15, 0.2) is 0 Å². The van der Waals surface area contributed by atoms with Gasteiger partial charge in [-0.15, -0.1) is 0 Å². The molecule has 0 saturated heterocycles. The molecule has 2 nitrogen and oxygen atoms in total. The van der Waals surface area contributed by atoms with Crippen molar-refractivity contribution < 1.29 is 4.79 Å². The normalized spacial score (nSPS) is 10.3. The van der Waals surface area contributed by atoms with Crippen LogP contribution in [0.2, 0.25) is 0 Å². The average molecular weight is 278 g/mol. The van der Waals surface area contributed by atoms with Gasteiger partial charge in [0.1, 0.15) is 0 Å². The number of hydrogen-bond donors (Lipinski definition) is 1. The number of carbonyl (C=O) groups is 1. The first-order valence-corrected chi connectivity index (χ1v) is 7.26. The number of rotatable bonds is 10. The molecule has 0 radical (unpaired) electrons. The molecular weight excluding hydrogens is 254 g/mol. The third kappa shape index (κ3) is 11.9. The topological polar surface area (TPSA) is 29.1 Å². The highest BCUT2D eigenvalue weighted by atomic mass is 79.9. The first-order valence-electron chi connectivity index (χ1n) is 6.14. The van der Waals surface area contributed by atoms with Crippen LogP contribution in [0.1, 0.15) is 58.3 Å². The molecule has 1 amide bonds. The van der Waals surface area contributed by atoms with E-state index in [2.05, 4.69) is 28.2 Å². The number of halogens is 1. The third-order valence-electron chi connectivity index (χ3n) is 2.39. The van der Waals surface area contributed by atoms with Gasteiger partial charge in [0.25, 0.3) is 0 Å². The molecule has 0 aliphatic rings. The van der Waals surface area contributed by atoms with Crippen LogP contribution in [0.4, 0.5) is 0 Å². The Labute approximate surface area is 102 Å². The smallest absolute Gasteiger partial charge is 0.219 e. The summed E-state index contributed by atoms with van der Waals surface area (Å²) in [6.07, 6.45) is 8.93. The molecular formula is C12H24BrNO. The summed E-state index contributed by atoms with van der Waals surface area (Å²) in [5, 5.41) is 4.06. The lowest BCUT2D eigenvalue weighted by Gasteiger charge is -2.04. The summed E-state index contributed by atoms with van der Waals surface area (Å²) >= 11 is 3.41. The molecule has 0 heterocycles. The Kier molecular flexibility index (Phi) is 12.0. The summed E-state index contributed by atoms with van der Waals surface area (Å²) in [5.41, 5.74) is 0. The molecule has 0 fully saturated rings. The maximum Gasteiger partial charge on any atom is 0.219 e. The summed E-state index contributed by atoms with van der Waals surface area (Å²) in [4.78, 5) is 11.3. The molecule has 0 unspecified atom stereocenters. The Balaban J connectivity index is 3.10. The predicted molar refractivity (Wildman–Crippen MR) is 69.4 cm³/mol. The highest BCUT2D eigenvalue weighted by Gasteiger charge is 1.99. The molecule has 0 saturated carbocycles. The van der Waals surface area contributed by atoms with Crippen molar-refractivity contribution in [2.45, 2.75) is 58.3 Å². The number of nitrogens with one attached hydrogen (secondary N) is 1. The van der Waals surface area contributed by atoms with E-state index in [9.17, 15) is 4.79 Å².